The first-order chi connectivity index (χ1) is 6.20. The van der Waals surface area contributed by atoms with Gasteiger partial charge in [-0.1, -0.05) is 6.07 Å². The normalized spacial score (nSPS) is 13.1. The average molecular weight is 175 g/mol. The number of nitro groups is 1. The number of nitrogens with zero attached hydrogens (tertiary/aromatic N) is 1. The number of ketones is 1. The maximum absolute atomic E-state index is 11.1. The minimum Gasteiger partial charge on any atom is -0.289 e. The Bertz CT molecular complexity index is 434. The van der Waals surface area contributed by atoms with Crippen molar-refractivity contribution in [1.29, 1.82) is 0 Å². The molecule has 0 amide bonds. The summed E-state index contributed by atoms with van der Waals surface area (Å²) < 4.78 is 0. The lowest BCUT2D eigenvalue weighted by molar-refractivity contribution is -0.385. The maximum atomic E-state index is 11.1. The van der Waals surface area contributed by atoms with E-state index in [0.29, 0.717) is 11.1 Å². The van der Waals surface area contributed by atoms with Gasteiger partial charge >= 0.3 is 0 Å². The first-order valence-corrected chi connectivity index (χ1v) is 3.70. The number of rotatable bonds is 1. The van der Waals surface area contributed by atoms with Crippen molar-refractivity contribution in [2.75, 3.05) is 0 Å². The second-order valence-corrected chi connectivity index (χ2v) is 2.69. The van der Waals surface area contributed by atoms with Crippen molar-refractivity contribution < 1.29 is 9.72 Å². The van der Waals surface area contributed by atoms with Crippen molar-refractivity contribution in [3.63, 3.8) is 0 Å². The van der Waals surface area contributed by atoms with Crippen LogP contribution in [-0.4, -0.2) is 10.7 Å². The smallest absolute Gasteiger partial charge is 0.277 e. The largest absolute Gasteiger partial charge is 0.289 e. The highest BCUT2D eigenvalue weighted by Crippen LogP contribution is 2.28. The molecule has 0 heterocycles. The van der Waals surface area contributed by atoms with E-state index in [0.717, 1.165) is 0 Å². The van der Waals surface area contributed by atoms with Crippen LogP contribution in [0.3, 0.4) is 0 Å². The molecule has 64 valence electrons. The SMILES string of the molecule is O=C1C=Cc2c1cccc2[N+](=O)[O-]. The van der Waals surface area contributed by atoms with Gasteiger partial charge in [0.25, 0.3) is 5.69 Å². The number of hydrogen-bond acceptors (Lipinski definition) is 3. The summed E-state index contributed by atoms with van der Waals surface area (Å²) in [4.78, 5) is 21.2. The molecular weight excluding hydrogens is 170 g/mol. The highest BCUT2D eigenvalue weighted by molar-refractivity contribution is 6.14. The second kappa shape index (κ2) is 2.52. The summed E-state index contributed by atoms with van der Waals surface area (Å²) in [6.45, 7) is 0. The molecule has 1 aliphatic rings. The van der Waals surface area contributed by atoms with Crippen LogP contribution in [-0.2, 0) is 0 Å². The third kappa shape index (κ3) is 1.03. The maximum Gasteiger partial charge on any atom is 0.277 e. The van der Waals surface area contributed by atoms with Gasteiger partial charge < -0.3 is 0 Å². The summed E-state index contributed by atoms with van der Waals surface area (Å²) in [6.07, 6.45) is 2.83. The van der Waals surface area contributed by atoms with E-state index in [9.17, 15) is 14.9 Å². The number of benzene rings is 1. The quantitative estimate of drug-likeness (QED) is 0.483. The van der Waals surface area contributed by atoms with E-state index in [1.807, 2.05) is 0 Å². The van der Waals surface area contributed by atoms with Gasteiger partial charge in [0.05, 0.1) is 10.5 Å². The number of fused-ring (bicyclic) bond motifs is 1. The zero-order chi connectivity index (χ0) is 9.42. The van der Waals surface area contributed by atoms with Crippen LogP contribution in [0.15, 0.2) is 24.3 Å². The van der Waals surface area contributed by atoms with E-state index >= 15 is 0 Å². The summed E-state index contributed by atoms with van der Waals surface area (Å²) in [7, 11) is 0. The zero-order valence-electron chi connectivity index (χ0n) is 6.56. The summed E-state index contributed by atoms with van der Waals surface area (Å²) in [6, 6.07) is 4.49. The molecule has 1 aromatic carbocycles. The van der Waals surface area contributed by atoms with Gasteiger partial charge in [-0.05, 0) is 18.2 Å². The Morgan fingerprint density at radius 1 is 1.23 bits per heavy atom. The van der Waals surface area contributed by atoms with Crippen molar-refractivity contribution >= 4 is 17.5 Å². The van der Waals surface area contributed by atoms with Crippen molar-refractivity contribution in [3.05, 3.63) is 45.5 Å². The Kier molecular flexibility index (Phi) is 1.48. The lowest BCUT2D eigenvalue weighted by atomic mass is 10.1. The second-order valence-electron chi connectivity index (χ2n) is 2.69. The summed E-state index contributed by atoms with van der Waals surface area (Å²) in [5.41, 5.74) is 0.811. The third-order valence-corrected chi connectivity index (χ3v) is 1.95. The van der Waals surface area contributed by atoms with E-state index in [1.165, 1.54) is 24.3 Å². The van der Waals surface area contributed by atoms with E-state index < -0.39 is 4.92 Å². The minimum atomic E-state index is -0.484. The lowest BCUT2D eigenvalue weighted by Gasteiger charge is -1.97. The molecule has 0 aliphatic heterocycles. The molecule has 0 saturated carbocycles. The zero-order valence-corrected chi connectivity index (χ0v) is 6.56. The van der Waals surface area contributed by atoms with E-state index in [2.05, 4.69) is 0 Å². The van der Waals surface area contributed by atoms with Gasteiger partial charge in [0.2, 0.25) is 0 Å². The molecule has 0 fully saturated rings. The molecule has 0 aromatic heterocycles. The third-order valence-electron chi connectivity index (χ3n) is 1.95. The van der Waals surface area contributed by atoms with Gasteiger partial charge in [0.1, 0.15) is 0 Å². The number of carbonyl (C=O) groups excluding carboxylic acids is 1. The van der Waals surface area contributed by atoms with Crippen molar-refractivity contribution in [3.8, 4) is 0 Å². The Labute approximate surface area is 73.6 Å². The van der Waals surface area contributed by atoms with Crippen molar-refractivity contribution in [1.82, 2.24) is 0 Å². The Morgan fingerprint density at radius 2 is 2.00 bits per heavy atom. The molecule has 0 saturated heterocycles. The molecule has 0 spiro atoms. The van der Waals surface area contributed by atoms with Gasteiger partial charge in [-0.2, -0.15) is 0 Å². The minimum absolute atomic E-state index is 0.0143. The van der Waals surface area contributed by atoms with Gasteiger partial charge in [-0.3, -0.25) is 14.9 Å². The number of hydrogen-bond donors (Lipinski definition) is 0. The predicted octanol–water partition coefficient (Wildman–Crippen LogP) is 1.80. The fourth-order valence-corrected chi connectivity index (χ4v) is 1.35. The monoisotopic (exact) mass is 175 g/mol. The Balaban J connectivity index is 2.70. The van der Waals surface area contributed by atoms with Crippen LogP contribution < -0.4 is 0 Å². The average Bonchev–Trinajstić information content (AvgIpc) is 2.48. The number of allylic oxidation sites excluding steroid dienone is 1. The standard InChI is InChI=1S/C9H5NO3/c11-9-5-4-6-7(9)2-1-3-8(6)10(12)13/h1-5H. The Hall–Kier alpha value is -1.97. The predicted molar refractivity (Wildman–Crippen MR) is 46.5 cm³/mol. The highest BCUT2D eigenvalue weighted by atomic mass is 16.6. The van der Waals surface area contributed by atoms with Crippen LogP contribution in [0.25, 0.3) is 6.08 Å². The van der Waals surface area contributed by atoms with Gasteiger partial charge in [-0.15, -0.1) is 0 Å². The fraction of sp³-hybridized carbons (Fsp3) is 0. The molecule has 0 N–H and O–H groups in total. The first kappa shape index (κ1) is 7.67. The van der Waals surface area contributed by atoms with Crippen LogP contribution in [0.1, 0.15) is 15.9 Å². The Morgan fingerprint density at radius 3 is 2.69 bits per heavy atom. The molecule has 4 nitrogen and oxygen atoms in total. The van der Waals surface area contributed by atoms with E-state index in [-0.39, 0.29) is 11.5 Å². The molecule has 2 rings (SSSR count). The summed E-state index contributed by atoms with van der Waals surface area (Å²) in [5, 5.41) is 10.5. The molecule has 0 bridgehead atoms. The molecule has 4 heteroatoms. The van der Waals surface area contributed by atoms with Gasteiger partial charge in [0.15, 0.2) is 5.78 Å². The van der Waals surface area contributed by atoms with Crippen LogP contribution in [0.2, 0.25) is 0 Å². The molecule has 0 radical (unpaired) electrons. The fourth-order valence-electron chi connectivity index (χ4n) is 1.35. The van der Waals surface area contributed by atoms with Crippen LogP contribution >= 0.6 is 0 Å². The molecule has 0 atom stereocenters. The van der Waals surface area contributed by atoms with Crippen molar-refractivity contribution in [2.24, 2.45) is 0 Å². The number of carbonyl (C=O) groups is 1. The lowest BCUT2D eigenvalue weighted by Crippen LogP contribution is -1.96. The number of nitro benzene ring substituents is 1. The molecular formula is C9H5NO3. The van der Waals surface area contributed by atoms with E-state index in [4.69, 9.17) is 0 Å². The topological polar surface area (TPSA) is 60.2 Å². The van der Waals surface area contributed by atoms with Crippen LogP contribution in [0.5, 0.6) is 0 Å². The van der Waals surface area contributed by atoms with Crippen LogP contribution in [0.4, 0.5) is 5.69 Å². The van der Waals surface area contributed by atoms with Crippen LogP contribution in [0, 0.1) is 10.1 Å². The molecule has 0 unspecified atom stereocenters. The van der Waals surface area contributed by atoms with Gasteiger partial charge in [-0.25, -0.2) is 0 Å². The first-order valence-electron chi connectivity index (χ1n) is 3.70. The van der Waals surface area contributed by atoms with Crippen molar-refractivity contribution in [2.45, 2.75) is 0 Å². The van der Waals surface area contributed by atoms with E-state index in [1.54, 1.807) is 6.07 Å². The summed E-state index contributed by atoms with van der Waals surface area (Å²) >= 11 is 0. The molecule has 13 heavy (non-hydrogen) atoms. The molecule has 1 aromatic rings. The highest BCUT2D eigenvalue weighted by Gasteiger charge is 2.22. The summed E-state index contributed by atoms with van der Waals surface area (Å²) in [5.74, 6) is -0.168. The molecule has 1 aliphatic carbocycles. The van der Waals surface area contributed by atoms with Gasteiger partial charge in [0, 0.05) is 11.6 Å².